The van der Waals surface area contributed by atoms with E-state index in [4.69, 9.17) is 9.47 Å². The van der Waals surface area contributed by atoms with Crippen LogP contribution < -0.4 is 15.4 Å². The summed E-state index contributed by atoms with van der Waals surface area (Å²) in [6.45, 7) is -0.155. The number of amides is 2. The van der Waals surface area contributed by atoms with Crippen LogP contribution in [-0.2, 0) is 24.5 Å². The second-order valence-corrected chi connectivity index (χ2v) is 13.0. The van der Waals surface area contributed by atoms with Gasteiger partial charge in [0.2, 0.25) is 11.8 Å². The van der Waals surface area contributed by atoms with Crippen LogP contribution in [0.1, 0.15) is 52.5 Å². The van der Waals surface area contributed by atoms with E-state index in [1.165, 1.54) is 0 Å². The first-order valence-electron chi connectivity index (χ1n) is 17.3. The summed E-state index contributed by atoms with van der Waals surface area (Å²) >= 11 is 0. The zero-order valence-corrected chi connectivity index (χ0v) is 28.3. The molecule has 266 valence electrons. The summed E-state index contributed by atoms with van der Waals surface area (Å²) in [6.07, 6.45) is -1.47. The minimum absolute atomic E-state index is 0.0957. The van der Waals surface area contributed by atoms with Gasteiger partial charge in [0.05, 0.1) is 31.3 Å². The molecule has 52 heavy (non-hydrogen) atoms. The zero-order valence-electron chi connectivity index (χ0n) is 28.3. The topological polar surface area (TPSA) is 158 Å². The number of morpholine rings is 1. The van der Waals surface area contributed by atoms with Crippen molar-refractivity contribution < 1.29 is 39.2 Å². The highest BCUT2D eigenvalue weighted by molar-refractivity contribution is 6.12. The average Bonchev–Trinajstić information content (AvgIpc) is 3.65. The maximum Gasteiger partial charge on any atom is 0.324 e. The molecule has 7 rings (SSSR count). The van der Waals surface area contributed by atoms with E-state index in [2.05, 4.69) is 22.5 Å². The third-order valence-corrected chi connectivity index (χ3v) is 10.0. The van der Waals surface area contributed by atoms with Crippen molar-refractivity contribution in [2.75, 3.05) is 38.2 Å². The molecule has 11 nitrogen and oxygen atoms in total. The van der Waals surface area contributed by atoms with E-state index < -0.39 is 53.4 Å². The van der Waals surface area contributed by atoms with Gasteiger partial charge >= 0.3 is 5.97 Å². The number of aliphatic hydroxyl groups excluding tert-OH is 3. The van der Waals surface area contributed by atoms with Crippen LogP contribution >= 0.6 is 0 Å². The number of esters is 1. The molecule has 2 amide bonds. The quantitative estimate of drug-likeness (QED) is 0.124. The van der Waals surface area contributed by atoms with Gasteiger partial charge in [-0.15, -0.1) is 0 Å². The number of aliphatic hydroxyl groups is 3. The van der Waals surface area contributed by atoms with Gasteiger partial charge in [-0.1, -0.05) is 84.6 Å². The Balaban J connectivity index is 1.39. The van der Waals surface area contributed by atoms with E-state index in [-0.39, 0.29) is 39.3 Å². The number of nitrogens with one attached hydrogen (secondary N) is 2. The summed E-state index contributed by atoms with van der Waals surface area (Å²) in [7, 11) is 0. The Morgan fingerprint density at radius 2 is 1.69 bits per heavy atom. The van der Waals surface area contributed by atoms with Crippen molar-refractivity contribution in [3.05, 3.63) is 131 Å². The lowest BCUT2D eigenvalue weighted by molar-refractivity contribution is -0.169. The summed E-state index contributed by atoms with van der Waals surface area (Å²) in [4.78, 5) is 45.9. The first kappa shape index (κ1) is 34.9. The lowest BCUT2D eigenvalue weighted by Gasteiger charge is -2.39. The van der Waals surface area contributed by atoms with E-state index in [9.17, 15) is 29.7 Å². The normalized spacial score (nSPS) is 23.8. The Hall–Kier alpha value is -5.51. The van der Waals surface area contributed by atoms with Crippen LogP contribution in [-0.4, -0.2) is 77.0 Å². The zero-order chi connectivity index (χ0) is 36.2. The van der Waals surface area contributed by atoms with E-state index in [1.807, 2.05) is 53.4 Å². The summed E-state index contributed by atoms with van der Waals surface area (Å²) in [5.74, 6) is 3.50. The molecule has 0 unspecified atom stereocenters. The fraction of sp³-hybridized carbons (Fsp3) is 0.293. The van der Waals surface area contributed by atoms with Crippen molar-refractivity contribution in [2.24, 2.45) is 5.92 Å². The Morgan fingerprint density at radius 1 is 0.962 bits per heavy atom. The monoisotopic (exact) mass is 701 g/mol. The van der Waals surface area contributed by atoms with Crippen LogP contribution in [0.2, 0.25) is 0 Å². The molecule has 0 radical (unpaired) electrons. The molecule has 5 N–H and O–H groups in total. The molecule has 0 aromatic heterocycles. The fourth-order valence-corrected chi connectivity index (χ4v) is 7.84. The van der Waals surface area contributed by atoms with Crippen molar-refractivity contribution in [1.82, 2.24) is 10.2 Å². The van der Waals surface area contributed by atoms with Gasteiger partial charge in [-0.3, -0.25) is 19.3 Å². The van der Waals surface area contributed by atoms with Gasteiger partial charge in [0.25, 0.3) is 0 Å². The third-order valence-electron chi connectivity index (χ3n) is 10.0. The Labute approximate surface area is 301 Å². The maximum atomic E-state index is 14.9. The molecule has 11 heteroatoms. The van der Waals surface area contributed by atoms with Crippen LogP contribution in [0.4, 0.5) is 5.69 Å². The number of carbonyl (C=O) groups excluding carboxylic acids is 3. The molecule has 1 spiro atoms. The lowest BCUT2D eigenvalue weighted by atomic mass is 9.65. The van der Waals surface area contributed by atoms with E-state index in [0.29, 0.717) is 33.7 Å². The van der Waals surface area contributed by atoms with Gasteiger partial charge in [-0.25, -0.2) is 0 Å². The minimum atomic E-state index is -1.66. The Morgan fingerprint density at radius 3 is 2.40 bits per heavy atom. The number of anilines is 1. The number of hydrogen-bond donors (Lipinski definition) is 5. The van der Waals surface area contributed by atoms with Gasteiger partial charge in [0, 0.05) is 30.8 Å². The third kappa shape index (κ3) is 6.31. The number of cyclic esters (lactones) is 1. The van der Waals surface area contributed by atoms with Crippen molar-refractivity contribution in [1.29, 1.82) is 0 Å². The molecule has 4 aromatic rings. The summed E-state index contributed by atoms with van der Waals surface area (Å²) in [6, 6.07) is 28.6. The van der Waals surface area contributed by atoms with Crippen LogP contribution in [0.25, 0.3) is 0 Å². The first-order chi connectivity index (χ1) is 25.4. The van der Waals surface area contributed by atoms with Gasteiger partial charge < -0.3 is 35.4 Å². The van der Waals surface area contributed by atoms with Gasteiger partial charge in [-0.05, 0) is 52.6 Å². The van der Waals surface area contributed by atoms with Crippen LogP contribution in [0.3, 0.4) is 0 Å². The van der Waals surface area contributed by atoms with Gasteiger partial charge in [0.1, 0.15) is 29.9 Å². The molecule has 6 atom stereocenters. The minimum Gasteiger partial charge on any atom is -0.491 e. The fourth-order valence-electron chi connectivity index (χ4n) is 7.84. The van der Waals surface area contributed by atoms with Crippen LogP contribution in [0, 0.1) is 17.8 Å². The molecule has 3 aliphatic rings. The number of nitrogens with zero attached hydrogens (tertiary/aromatic N) is 1. The Bertz CT molecular complexity index is 2000. The molecule has 3 heterocycles. The average molecular weight is 702 g/mol. The SMILES string of the molecule is O=C1O[C@@H](c2ccccc2)CN2[C@@H](c3ccc(OCCO)cc3)[C@]3(C(=O)Nc4ccc(C#CCCO)cc43)[C@@H](C(=O)NC[C@H](O)c3ccccc3)[C@H]12. The van der Waals surface area contributed by atoms with E-state index >= 15 is 0 Å². The molecule has 4 aromatic carbocycles. The maximum absolute atomic E-state index is 14.9. The summed E-state index contributed by atoms with van der Waals surface area (Å²) < 4.78 is 11.7. The molecule has 0 bridgehead atoms. The summed E-state index contributed by atoms with van der Waals surface area (Å²) in [5, 5.41) is 35.6. The summed E-state index contributed by atoms with van der Waals surface area (Å²) in [5.41, 5.74) is 1.93. The van der Waals surface area contributed by atoms with E-state index in [1.54, 1.807) is 54.6 Å². The van der Waals surface area contributed by atoms with Gasteiger partial charge in [-0.2, -0.15) is 0 Å². The molecule has 0 aliphatic carbocycles. The van der Waals surface area contributed by atoms with Crippen LogP contribution in [0.15, 0.2) is 103 Å². The van der Waals surface area contributed by atoms with E-state index in [0.717, 1.165) is 5.56 Å². The predicted octanol–water partition coefficient (Wildman–Crippen LogP) is 3.17. The van der Waals surface area contributed by atoms with Crippen LogP contribution in [0.5, 0.6) is 5.75 Å². The molecule has 2 fully saturated rings. The standard InChI is InChI=1S/C41H39N3O8/c45-20-8-7-9-26-14-19-32-31(23-26)41(40(50)43-32)35(38(48)42-24-33(47)27-10-3-1-4-11-27)36-39(49)52-34(28-12-5-2-6-13-28)25-44(36)37(41)29-15-17-30(18-16-29)51-22-21-46/h1-6,10-19,23,33-37,45-47H,8,20-22,24-25H2,(H,42,48)(H,43,50)/t33-,34+,35+,36+,37-,41+/m0/s1. The van der Waals surface area contributed by atoms with Crippen molar-refractivity contribution in [3.63, 3.8) is 0 Å². The molecule has 0 saturated carbocycles. The molecular formula is C41H39N3O8. The second-order valence-electron chi connectivity index (χ2n) is 13.0. The number of carbonyl (C=O) groups is 3. The highest BCUT2D eigenvalue weighted by atomic mass is 16.5. The largest absolute Gasteiger partial charge is 0.491 e. The highest BCUT2D eigenvalue weighted by Gasteiger charge is 2.72. The number of fused-ring (bicyclic) bond motifs is 3. The second kappa shape index (κ2) is 15.0. The number of hydrogen-bond acceptors (Lipinski definition) is 9. The number of ether oxygens (including phenoxy) is 2. The molecule has 3 aliphatic heterocycles. The Kier molecular flexibility index (Phi) is 10.1. The predicted molar refractivity (Wildman–Crippen MR) is 191 cm³/mol. The van der Waals surface area contributed by atoms with Gasteiger partial charge in [0.15, 0.2) is 0 Å². The molecule has 2 saturated heterocycles. The molecular weight excluding hydrogens is 662 g/mol. The lowest BCUT2D eigenvalue weighted by Crippen LogP contribution is -2.54. The highest BCUT2D eigenvalue weighted by Crippen LogP contribution is 2.61. The van der Waals surface area contributed by atoms with Crippen molar-refractivity contribution >= 4 is 23.5 Å². The first-order valence-corrected chi connectivity index (χ1v) is 17.3. The number of benzene rings is 4. The smallest absolute Gasteiger partial charge is 0.324 e. The van der Waals surface area contributed by atoms with Crippen molar-refractivity contribution in [2.45, 2.75) is 36.1 Å². The number of rotatable bonds is 10. The van der Waals surface area contributed by atoms with Crippen molar-refractivity contribution in [3.8, 4) is 17.6 Å².